The minimum atomic E-state index is -0.822. The van der Waals surface area contributed by atoms with Crippen LogP contribution in [-0.4, -0.2) is 24.1 Å². The number of halogens is 1. The molecule has 9 heteroatoms. The Bertz CT molecular complexity index is 1430. The zero-order valence-electron chi connectivity index (χ0n) is 18.5. The van der Waals surface area contributed by atoms with E-state index in [1.54, 1.807) is 29.8 Å². The van der Waals surface area contributed by atoms with Gasteiger partial charge in [-0.15, -0.1) is 11.3 Å². The van der Waals surface area contributed by atoms with E-state index in [2.05, 4.69) is 4.98 Å². The van der Waals surface area contributed by atoms with Crippen molar-refractivity contribution >= 4 is 33.3 Å². The molecule has 0 radical (unpaired) electrons. The fourth-order valence-corrected chi connectivity index (χ4v) is 4.75. The minimum absolute atomic E-state index is 0.0745. The molecule has 1 aliphatic heterocycles. The molecule has 2 aromatic heterocycles. The monoisotopic (exact) mass is 480 g/mol. The lowest BCUT2D eigenvalue weighted by atomic mass is 9.98. The van der Waals surface area contributed by atoms with Crippen LogP contribution in [-0.2, 0) is 0 Å². The van der Waals surface area contributed by atoms with Crippen molar-refractivity contribution in [1.29, 1.82) is 0 Å². The van der Waals surface area contributed by atoms with E-state index in [9.17, 15) is 14.0 Å². The van der Waals surface area contributed by atoms with Crippen LogP contribution in [0.5, 0.6) is 11.5 Å². The average molecular weight is 481 g/mol. The third-order valence-corrected chi connectivity index (χ3v) is 6.27. The summed E-state index contributed by atoms with van der Waals surface area (Å²) in [6.45, 7) is 4.81. The molecule has 0 N–H and O–H groups in total. The van der Waals surface area contributed by atoms with Crippen molar-refractivity contribution < 1.29 is 23.1 Å². The van der Waals surface area contributed by atoms with Crippen LogP contribution in [0.4, 0.5) is 9.52 Å². The molecule has 1 aliphatic rings. The van der Waals surface area contributed by atoms with Crippen molar-refractivity contribution in [3.8, 4) is 11.5 Å². The number of rotatable bonds is 7. The quantitative estimate of drug-likeness (QED) is 0.356. The molecule has 3 heterocycles. The van der Waals surface area contributed by atoms with Gasteiger partial charge in [-0.2, -0.15) is 0 Å². The number of carbonyl (C=O) groups is 1. The molecule has 5 rings (SSSR count). The predicted molar refractivity (Wildman–Crippen MR) is 127 cm³/mol. The van der Waals surface area contributed by atoms with Crippen molar-refractivity contribution in [2.24, 2.45) is 0 Å². The third kappa shape index (κ3) is 3.62. The van der Waals surface area contributed by atoms with Gasteiger partial charge in [-0.1, -0.05) is 13.0 Å². The van der Waals surface area contributed by atoms with Crippen LogP contribution >= 0.6 is 11.3 Å². The summed E-state index contributed by atoms with van der Waals surface area (Å²) in [6, 6.07) is 8.17. The SMILES string of the molecule is CCCOc1ccc(C2c3c(oc4ccc(F)cc4c3=O)C(=O)N2c2nccs2)cc1OCC. The van der Waals surface area contributed by atoms with Crippen LogP contribution < -0.4 is 19.8 Å². The lowest BCUT2D eigenvalue weighted by Crippen LogP contribution is -2.29. The number of benzene rings is 2. The van der Waals surface area contributed by atoms with Crippen LogP contribution in [0.2, 0.25) is 0 Å². The number of aromatic nitrogens is 1. The first-order chi connectivity index (χ1) is 16.5. The summed E-state index contributed by atoms with van der Waals surface area (Å²) in [6.07, 6.45) is 2.42. The topological polar surface area (TPSA) is 81.9 Å². The summed E-state index contributed by atoms with van der Waals surface area (Å²) >= 11 is 1.27. The molecule has 0 aliphatic carbocycles. The van der Waals surface area contributed by atoms with Gasteiger partial charge in [-0.25, -0.2) is 9.37 Å². The number of hydrogen-bond donors (Lipinski definition) is 0. The second kappa shape index (κ2) is 8.90. The number of fused-ring (bicyclic) bond motifs is 2. The largest absolute Gasteiger partial charge is 0.490 e. The smallest absolute Gasteiger partial charge is 0.297 e. The van der Waals surface area contributed by atoms with Gasteiger partial charge in [-0.05, 0) is 49.2 Å². The maximum atomic E-state index is 14.0. The minimum Gasteiger partial charge on any atom is -0.490 e. The molecular formula is C25H21FN2O5S. The average Bonchev–Trinajstić information content (AvgIpc) is 3.46. The first-order valence-corrected chi connectivity index (χ1v) is 11.8. The summed E-state index contributed by atoms with van der Waals surface area (Å²) in [5.74, 6) is -0.0420. The molecule has 0 spiro atoms. The highest BCUT2D eigenvalue weighted by Gasteiger charge is 2.45. The fourth-order valence-electron chi connectivity index (χ4n) is 4.09. The number of amides is 1. The molecule has 0 saturated carbocycles. The molecule has 0 fully saturated rings. The third-order valence-electron chi connectivity index (χ3n) is 5.50. The molecule has 34 heavy (non-hydrogen) atoms. The maximum Gasteiger partial charge on any atom is 0.297 e. The molecular weight excluding hydrogens is 459 g/mol. The van der Waals surface area contributed by atoms with Crippen molar-refractivity contribution in [1.82, 2.24) is 4.98 Å². The van der Waals surface area contributed by atoms with Gasteiger partial charge in [0, 0.05) is 11.6 Å². The normalized spacial score (nSPS) is 15.1. The Morgan fingerprint density at radius 1 is 1.12 bits per heavy atom. The Balaban J connectivity index is 1.74. The Morgan fingerprint density at radius 2 is 1.97 bits per heavy atom. The molecule has 1 atom stereocenters. The van der Waals surface area contributed by atoms with Gasteiger partial charge in [0.15, 0.2) is 22.1 Å². The van der Waals surface area contributed by atoms with E-state index < -0.39 is 23.2 Å². The van der Waals surface area contributed by atoms with Crippen molar-refractivity contribution in [3.05, 3.63) is 80.9 Å². The summed E-state index contributed by atoms with van der Waals surface area (Å²) in [5.41, 5.74) is 0.453. The summed E-state index contributed by atoms with van der Waals surface area (Å²) < 4.78 is 31.4. The fraction of sp³-hybridized carbons (Fsp3) is 0.240. The summed E-state index contributed by atoms with van der Waals surface area (Å²) in [4.78, 5) is 32.8. The van der Waals surface area contributed by atoms with Crippen LogP contribution in [0.15, 0.2) is 57.2 Å². The van der Waals surface area contributed by atoms with E-state index in [1.807, 2.05) is 13.8 Å². The maximum absolute atomic E-state index is 14.0. The van der Waals surface area contributed by atoms with Gasteiger partial charge in [0.2, 0.25) is 5.76 Å². The predicted octanol–water partition coefficient (Wildman–Crippen LogP) is 5.33. The Kier molecular flexibility index (Phi) is 5.79. The van der Waals surface area contributed by atoms with E-state index in [0.29, 0.717) is 35.4 Å². The number of anilines is 1. The van der Waals surface area contributed by atoms with Gasteiger partial charge in [0.1, 0.15) is 11.4 Å². The van der Waals surface area contributed by atoms with Crippen LogP contribution in [0.1, 0.15) is 48.0 Å². The first kappa shape index (κ1) is 22.1. The lowest BCUT2D eigenvalue weighted by molar-refractivity contribution is 0.0971. The lowest BCUT2D eigenvalue weighted by Gasteiger charge is -2.23. The second-order valence-electron chi connectivity index (χ2n) is 7.69. The highest BCUT2D eigenvalue weighted by atomic mass is 32.1. The molecule has 0 bridgehead atoms. The molecule has 1 amide bonds. The summed E-state index contributed by atoms with van der Waals surface area (Å²) in [7, 11) is 0. The molecule has 0 saturated heterocycles. The molecule has 174 valence electrons. The Labute approximate surface area is 198 Å². The standard InChI is InChI=1S/C25H21FN2O5S/c1-3-10-32-18-7-5-14(12-19(18)31-4-2)21-20-22(29)16-13-15(26)6-8-17(16)33-23(20)24(30)28(21)25-27-9-11-34-25/h5-9,11-13,21H,3-4,10H2,1-2H3. The molecule has 7 nitrogen and oxygen atoms in total. The molecule has 2 aromatic carbocycles. The zero-order chi connectivity index (χ0) is 23.8. The highest BCUT2D eigenvalue weighted by Crippen LogP contribution is 2.43. The number of ether oxygens (including phenoxy) is 2. The molecule has 4 aromatic rings. The molecule has 1 unspecified atom stereocenters. The van der Waals surface area contributed by atoms with Crippen LogP contribution in [0.25, 0.3) is 11.0 Å². The second-order valence-corrected chi connectivity index (χ2v) is 8.57. The first-order valence-electron chi connectivity index (χ1n) is 10.9. The van der Waals surface area contributed by atoms with E-state index in [1.165, 1.54) is 28.4 Å². The highest BCUT2D eigenvalue weighted by molar-refractivity contribution is 7.13. The number of thiazole rings is 1. The van der Waals surface area contributed by atoms with Crippen LogP contribution in [0.3, 0.4) is 0 Å². The van der Waals surface area contributed by atoms with Gasteiger partial charge < -0.3 is 13.9 Å². The van der Waals surface area contributed by atoms with Gasteiger partial charge >= 0.3 is 0 Å². The Morgan fingerprint density at radius 3 is 2.71 bits per heavy atom. The van der Waals surface area contributed by atoms with Crippen molar-refractivity contribution in [2.45, 2.75) is 26.3 Å². The van der Waals surface area contributed by atoms with Crippen molar-refractivity contribution in [3.63, 3.8) is 0 Å². The zero-order valence-corrected chi connectivity index (χ0v) is 19.4. The van der Waals surface area contributed by atoms with Gasteiger partial charge in [0.05, 0.1) is 30.2 Å². The number of carbonyl (C=O) groups excluding carboxylic acids is 1. The van der Waals surface area contributed by atoms with Gasteiger partial charge in [0.25, 0.3) is 5.91 Å². The van der Waals surface area contributed by atoms with Gasteiger partial charge in [-0.3, -0.25) is 14.5 Å². The number of hydrogen-bond acceptors (Lipinski definition) is 7. The summed E-state index contributed by atoms with van der Waals surface area (Å²) in [5, 5.41) is 2.24. The Hall–Kier alpha value is -3.72. The van der Waals surface area contributed by atoms with Crippen molar-refractivity contribution in [2.75, 3.05) is 18.1 Å². The van der Waals surface area contributed by atoms with E-state index >= 15 is 0 Å². The van der Waals surface area contributed by atoms with Crippen LogP contribution in [0, 0.1) is 5.82 Å². The van der Waals surface area contributed by atoms with E-state index in [-0.39, 0.29) is 22.3 Å². The number of nitrogens with zero attached hydrogens (tertiary/aromatic N) is 2. The van der Waals surface area contributed by atoms with E-state index in [0.717, 1.165) is 12.5 Å². The van der Waals surface area contributed by atoms with E-state index in [4.69, 9.17) is 13.9 Å².